The quantitative estimate of drug-likeness (QED) is 0.789. The first-order chi connectivity index (χ1) is 8.65. The highest BCUT2D eigenvalue weighted by molar-refractivity contribution is 6.31. The summed E-state index contributed by atoms with van der Waals surface area (Å²) < 4.78 is 1.61. The smallest absolute Gasteiger partial charge is 0.259 e. The van der Waals surface area contributed by atoms with Crippen LogP contribution < -0.4 is 5.56 Å². The highest BCUT2D eigenvalue weighted by atomic mass is 35.5. The van der Waals surface area contributed by atoms with Crippen LogP contribution in [0.4, 0.5) is 0 Å². The third-order valence-electron chi connectivity index (χ3n) is 2.85. The lowest BCUT2D eigenvalue weighted by molar-refractivity contribution is 0.933. The fourth-order valence-corrected chi connectivity index (χ4v) is 2.32. The van der Waals surface area contributed by atoms with Gasteiger partial charge in [-0.3, -0.25) is 9.36 Å². The van der Waals surface area contributed by atoms with Crippen LogP contribution in [0.3, 0.4) is 0 Å². The molecule has 1 aromatic heterocycles. The predicted octanol–water partition coefficient (Wildman–Crippen LogP) is 3.58. The molecule has 0 amide bonds. The van der Waals surface area contributed by atoms with E-state index in [1.807, 2.05) is 31.2 Å². The molecule has 0 aliphatic carbocycles. The van der Waals surface area contributed by atoms with Crippen LogP contribution in [0.2, 0.25) is 5.02 Å². The van der Waals surface area contributed by atoms with E-state index in [9.17, 15) is 4.79 Å². The third-order valence-corrected chi connectivity index (χ3v) is 3.40. The molecule has 0 aliphatic heterocycles. The average Bonchev–Trinajstić information content (AvgIpc) is 2.36. The van der Waals surface area contributed by atoms with Crippen molar-refractivity contribution in [2.24, 2.45) is 0 Å². The predicted molar refractivity (Wildman–Crippen MR) is 76.2 cm³/mol. The molecular weight excluding hydrogens is 269 g/mol. The van der Waals surface area contributed by atoms with Gasteiger partial charge in [0.15, 0.2) is 0 Å². The zero-order valence-corrected chi connectivity index (χ0v) is 11.5. The molecular formula is C14H13Cl2NO. The van der Waals surface area contributed by atoms with Gasteiger partial charge in [-0.2, -0.15) is 0 Å². The Bertz CT molecular complexity index is 619. The molecule has 4 heteroatoms. The molecule has 94 valence electrons. The molecule has 0 spiro atoms. The van der Waals surface area contributed by atoms with Gasteiger partial charge in [0.05, 0.1) is 10.7 Å². The molecule has 0 radical (unpaired) electrons. The lowest BCUT2D eigenvalue weighted by atomic mass is 10.1. The Morgan fingerprint density at radius 3 is 2.61 bits per heavy atom. The van der Waals surface area contributed by atoms with Crippen LogP contribution in [-0.4, -0.2) is 10.4 Å². The maximum Gasteiger partial charge on any atom is 0.259 e. The first-order valence-corrected chi connectivity index (χ1v) is 6.58. The summed E-state index contributed by atoms with van der Waals surface area (Å²) >= 11 is 11.7. The van der Waals surface area contributed by atoms with Crippen molar-refractivity contribution in [1.29, 1.82) is 0 Å². The summed E-state index contributed by atoms with van der Waals surface area (Å²) in [5.41, 5.74) is 2.38. The number of alkyl halides is 1. The molecule has 2 rings (SSSR count). The van der Waals surface area contributed by atoms with Gasteiger partial charge in [-0.05, 0) is 31.0 Å². The minimum absolute atomic E-state index is 0.0996. The van der Waals surface area contributed by atoms with Crippen molar-refractivity contribution in [1.82, 2.24) is 4.57 Å². The van der Waals surface area contributed by atoms with E-state index < -0.39 is 0 Å². The van der Waals surface area contributed by atoms with E-state index >= 15 is 0 Å². The first kappa shape index (κ1) is 13.2. The number of halogens is 2. The summed E-state index contributed by atoms with van der Waals surface area (Å²) in [7, 11) is 0. The van der Waals surface area contributed by atoms with Gasteiger partial charge in [-0.15, -0.1) is 11.6 Å². The van der Waals surface area contributed by atoms with Gasteiger partial charge in [0, 0.05) is 17.6 Å². The molecule has 0 saturated heterocycles. The fourth-order valence-electron chi connectivity index (χ4n) is 1.90. The normalized spacial score (nSPS) is 10.6. The van der Waals surface area contributed by atoms with Crippen molar-refractivity contribution in [3.63, 3.8) is 0 Å². The fraction of sp³-hybridized carbons (Fsp3) is 0.214. The lowest BCUT2D eigenvalue weighted by Gasteiger charge is -2.11. The first-order valence-electron chi connectivity index (χ1n) is 5.67. The van der Waals surface area contributed by atoms with Gasteiger partial charge < -0.3 is 0 Å². The Morgan fingerprint density at radius 1 is 1.22 bits per heavy atom. The second-order valence-corrected chi connectivity index (χ2v) is 4.83. The number of hydrogen-bond donors (Lipinski definition) is 0. The number of para-hydroxylation sites is 1. The van der Waals surface area contributed by atoms with Gasteiger partial charge in [-0.25, -0.2) is 0 Å². The number of nitrogens with zero attached hydrogens (tertiary/aromatic N) is 1. The molecule has 0 atom stereocenters. The molecule has 2 nitrogen and oxygen atoms in total. The summed E-state index contributed by atoms with van der Waals surface area (Å²) in [6.07, 6.45) is 2.18. The molecule has 0 unspecified atom stereocenters. The van der Waals surface area contributed by atoms with Crippen LogP contribution in [0.15, 0.2) is 41.3 Å². The second-order valence-electron chi connectivity index (χ2n) is 4.04. The van der Waals surface area contributed by atoms with Crippen molar-refractivity contribution >= 4 is 23.2 Å². The van der Waals surface area contributed by atoms with Gasteiger partial charge in [0.1, 0.15) is 0 Å². The zero-order chi connectivity index (χ0) is 13.1. The van der Waals surface area contributed by atoms with Gasteiger partial charge in [0.2, 0.25) is 0 Å². The highest BCUT2D eigenvalue weighted by Gasteiger charge is 2.10. The maximum absolute atomic E-state index is 12.4. The SMILES string of the molecule is Cc1ccccc1-n1ccc(Cl)c(CCCl)c1=O. The molecule has 1 heterocycles. The van der Waals surface area contributed by atoms with E-state index in [2.05, 4.69) is 0 Å². The van der Waals surface area contributed by atoms with Crippen LogP contribution in [0, 0.1) is 6.92 Å². The molecule has 1 aromatic carbocycles. The van der Waals surface area contributed by atoms with Crippen LogP contribution in [0.25, 0.3) is 5.69 Å². The van der Waals surface area contributed by atoms with Crippen LogP contribution >= 0.6 is 23.2 Å². The molecule has 0 N–H and O–H groups in total. The summed E-state index contributed by atoms with van der Waals surface area (Å²) in [6.45, 7) is 1.97. The van der Waals surface area contributed by atoms with Crippen molar-refractivity contribution in [3.05, 3.63) is 63.0 Å². The molecule has 2 aromatic rings. The Labute approximate surface area is 116 Å². The van der Waals surface area contributed by atoms with Gasteiger partial charge in [-0.1, -0.05) is 29.8 Å². The molecule has 0 fully saturated rings. The van der Waals surface area contributed by atoms with E-state index in [0.29, 0.717) is 22.9 Å². The van der Waals surface area contributed by atoms with Crippen molar-refractivity contribution in [2.75, 3.05) is 5.88 Å². The minimum atomic E-state index is -0.0996. The van der Waals surface area contributed by atoms with Crippen LogP contribution in [0.5, 0.6) is 0 Å². The molecule has 0 aliphatic rings. The second kappa shape index (κ2) is 5.59. The summed E-state index contributed by atoms with van der Waals surface area (Å²) in [4.78, 5) is 12.4. The van der Waals surface area contributed by atoms with Crippen molar-refractivity contribution < 1.29 is 0 Å². The monoisotopic (exact) mass is 281 g/mol. The number of hydrogen-bond acceptors (Lipinski definition) is 1. The summed E-state index contributed by atoms with van der Waals surface area (Å²) in [6, 6.07) is 9.47. The maximum atomic E-state index is 12.4. The molecule has 0 saturated carbocycles. The van der Waals surface area contributed by atoms with Crippen molar-refractivity contribution in [3.8, 4) is 5.69 Å². The minimum Gasteiger partial charge on any atom is -0.284 e. The van der Waals surface area contributed by atoms with Crippen LogP contribution in [-0.2, 0) is 6.42 Å². The highest BCUT2D eigenvalue weighted by Crippen LogP contribution is 2.16. The molecule has 18 heavy (non-hydrogen) atoms. The van der Waals surface area contributed by atoms with Gasteiger partial charge in [0.25, 0.3) is 5.56 Å². The molecule has 0 bridgehead atoms. The Hall–Kier alpha value is -1.25. The summed E-state index contributed by atoms with van der Waals surface area (Å²) in [5, 5.41) is 0.477. The topological polar surface area (TPSA) is 22.0 Å². The van der Waals surface area contributed by atoms with Crippen molar-refractivity contribution in [2.45, 2.75) is 13.3 Å². The number of benzene rings is 1. The van der Waals surface area contributed by atoms with E-state index in [1.54, 1.807) is 16.8 Å². The number of aromatic nitrogens is 1. The number of rotatable bonds is 3. The number of aryl methyl sites for hydroxylation is 1. The van der Waals surface area contributed by atoms with E-state index in [-0.39, 0.29) is 5.56 Å². The standard InChI is InChI=1S/C14H13Cl2NO/c1-10-4-2-3-5-13(10)17-9-7-12(16)11(6-8-15)14(17)18/h2-5,7,9H,6,8H2,1H3. The Balaban J connectivity index is 2.64. The zero-order valence-electron chi connectivity index (χ0n) is 9.99. The average molecular weight is 282 g/mol. The third kappa shape index (κ3) is 2.45. The Morgan fingerprint density at radius 2 is 1.94 bits per heavy atom. The lowest BCUT2D eigenvalue weighted by Crippen LogP contribution is -2.23. The van der Waals surface area contributed by atoms with E-state index in [4.69, 9.17) is 23.2 Å². The van der Waals surface area contributed by atoms with E-state index in [1.165, 1.54) is 0 Å². The van der Waals surface area contributed by atoms with Crippen LogP contribution in [0.1, 0.15) is 11.1 Å². The largest absolute Gasteiger partial charge is 0.284 e. The van der Waals surface area contributed by atoms with Gasteiger partial charge >= 0.3 is 0 Å². The Kier molecular flexibility index (Phi) is 4.10. The summed E-state index contributed by atoms with van der Waals surface area (Å²) in [5.74, 6) is 0.382. The number of pyridine rings is 1. The van der Waals surface area contributed by atoms with E-state index in [0.717, 1.165) is 11.3 Å².